The van der Waals surface area contributed by atoms with E-state index in [2.05, 4.69) is 9.71 Å². The third-order valence-corrected chi connectivity index (χ3v) is 4.99. The highest BCUT2D eigenvalue weighted by Crippen LogP contribution is 2.28. The molecule has 1 aliphatic heterocycles. The summed E-state index contributed by atoms with van der Waals surface area (Å²) in [4.78, 5) is 0.208. The van der Waals surface area contributed by atoms with Crippen molar-refractivity contribution in [1.29, 1.82) is 0 Å². The largest absolute Gasteiger partial charge is 0.338 e. The zero-order chi connectivity index (χ0) is 15.2. The van der Waals surface area contributed by atoms with Crippen LogP contribution in [0.1, 0.15) is 5.56 Å². The molecule has 0 bridgehead atoms. The lowest BCUT2D eigenvalue weighted by atomic mass is 10.1. The lowest BCUT2D eigenvalue weighted by Crippen LogP contribution is -2.22. The highest BCUT2D eigenvalue weighted by Gasteiger charge is 2.24. The number of nitrogens with one attached hydrogen (secondary N) is 1. The van der Waals surface area contributed by atoms with Crippen LogP contribution in [-0.4, -0.2) is 14.3 Å². The third-order valence-electron chi connectivity index (χ3n) is 3.65. The molecule has 1 heterocycles. The van der Waals surface area contributed by atoms with E-state index in [0.717, 1.165) is 16.3 Å². The molecule has 1 N–H and O–H groups in total. The van der Waals surface area contributed by atoms with Crippen LogP contribution >= 0.6 is 0 Å². The first-order chi connectivity index (χ1) is 10.6. The molecule has 0 fully saturated rings. The van der Waals surface area contributed by atoms with Gasteiger partial charge in [0.15, 0.2) is 5.84 Å². The number of benzene rings is 3. The van der Waals surface area contributed by atoms with E-state index in [1.54, 1.807) is 24.3 Å². The maximum atomic E-state index is 12.3. The number of fused-ring (bicyclic) bond motifs is 2. The second kappa shape index (κ2) is 4.68. The van der Waals surface area contributed by atoms with Gasteiger partial charge in [0.25, 0.3) is 10.0 Å². The van der Waals surface area contributed by atoms with Crippen LogP contribution in [0.5, 0.6) is 0 Å². The molecule has 4 rings (SSSR count). The van der Waals surface area contributed by atoms with E-state index in [0.29, 0.717) is 11.5 Å². The van der Waals surface area contributed by atoms with Gasteiger partial charge in [-0.25, -0.2) is 0 Å². The monoisotopic (exact) mass is 308 g/mol. The Labute approximate surface area is 128 Å². The Balaban J connectivity index is 1.88. The number of amidine groups is 1. The van der Waals surface area contributed by atoms with Crippen molar-refractivity contribution in [1.82, 2.24) is 0 Å². The van der Waals surface area contributed by atoms with E-state index in [1.807, 2.05) is 42.5 Å². The van der Waals surface area contributed by atoms with Gasteiger partial charge in [0, 0.05) is 5.56 Å². The van der Waals surface area contributed by atoms with E-state index in [4.69, 9.17) is 0 Å². The molecule has 0 amide bonds. The number of sulfonamides is 1. The molecule has 0 aliphatic carbocycles. The molecular weight excluding hydrogens is 296 g/mol. The first-order valence-corrected chi connectivity index (χ1v) is 8.28. The molecule has 0 saturated heterocycles. The molecule has 0 atom stereocenters. The van der Waals surface area contributed by atoms with Gasteiger partial charge in [-0.05, 0) is 29.0 Å². The molecule has 108 valence electrons. The molecule has 4 nitrogen and oxygen atoms in total. The van der Waals surface area contributed by atoms with Crippen LogP contribution in [0.4, 0.5) is 5.69 Å². The molecule has 0 saturated carbocycles. The zero-order valence-electron chi connectivity index (χ0n) is 11.5. The van der Waals surface area contributed by atoms with Crippen LogP contribution in [0.3, 0.4) is 0 Å². The van der Waals surface area contributed by atoms with Crippen LogP contribution in [0.15, 0.2) is 76.0 Å². The fraction of sp³-hybridized carbons (Fsp3) is 0. The van der Waals surface area contributed by atoms with Crippen molar-refractivity contribution in [2.75, 3.05) is 5.32 Å². The van der Waals surface area contributed by atoms with Crippen molar-refractivity contribution in [2.45, 2.75) is 4.90 Å². The summed E-state index contributed by atoms with van der Waals surface area (Å²) in [6, 6.07) is 20.5. The average Bonchev–Trinajstić information content (AvgIpc) is 2.54. The zero-order valence-corrected chi connectivity index (χ0v) is 12.3. The summed E-state index contributed by atoms with van der Waals surface area (Å²) in [5, 5.41) is 5.25. The normalized spacial score (nSPS) is 15.7. The standard InChI is InChI=1S/C17H12N2O2S/c20-22(21)16-8-4-3-7-15(16)18-17(19-22)14-10-9-12-5-1-2-6-13(12)11-14/h1-11H,(H,18,19). The number of anilines is 1. The van der Waals surface area contributed by atoms with Gasteiger partial charge >= 0.3 is 0 Å². The Morgan fingerprint density at radius 2 is 1.55 bits per heavy atom. The summed E-state index contributed by atoms with van der Waals surface area (Å²) in [6.45, 7) is 0. The number of hydrogen-bond acceptors (Lipinski definition) is 3. The van der Waals surface area contributed by atoms with Crippen molar-refractivity contribution in [3.05, 3.63) is 72.3 Å². The first kappa shape index (κ1) is 13.0. The Kier molecular flexibility index (Phi) is 2.77. The van der Waals surface area contributed by atoms with Crippen LogP contribution in [-0.2, 0) is 10.0 Å². The van der Waals surface area contributed by atoms with Crippen molar-refractivity contribution >= 4 is 32.3 Å². The van der Waals surface area contributed by atoms with Crippen LogP contribution in [0, 0.1) is 0 Å². The molecular formula is C17H12N2O2S. The Morgan fingerprint density at radius 3 is 2.41 bits per heavy atom. The summed E-state index contributed by atoms with van der Waals surface area (Å²) < 4.78 is 28.5. The van der Waals surface area contributed by atoms with Crippen molar-refractivity contribution in [3.8, 4) is 0 Å². The van der Waals surface area contributed by atoms with Gasteiger partial charge in [0.05, 0.1) is 5.69 Å². The second-order valence-corrected chi connectivity index (χ2v) is 6.67. The maximum Gasteiger partial charge on any atom is 0.286 e. The van der Waals surface area contributed by atoms with Gasteiger partial charge < -0.3 is 5.32 Å². The summed E-state index contributed by atoms with van der Waals surface area (Å²) in [5.74, 6) is 0.351. The molecule has 5 heteroatoms. The van der Waals surface area contributed by atoms with Crippen LogP contribution in [0.25, 0.3) is 10.8 Å². The fourth-order valence-corrected chi connectivity index (χ4v) is 3.71. The van der Waals surface area contributed by atoms with E-state index in [-0.39, 0.29) is 4.90 Å². The predicted molar refractivity (Wildman–Crippen MR) is 87.7 cm³/mol. The van der Waals surface area contributed by atoms with Gasteiger partial charge in [-0.1, -0.05) is 48.5 Å². The lowest BCUT2D eigenvalue weighted by molar-refractivity contribution is 0.598. The molecule has 0 aromatic heterocycles. The minimum Gasteiger partial charge on any atom is -0.338 e. The van der Waals surface area contributed by atoms with Gasteiger partial charge in [0.2, 0.25) is 0 Å². The lowest BCUT2D eigenvalue weighted by Gasteiger charge is -2.18. The molecule has 3 aromatic rings. The maximum absolute atomic E-state index is 12.3. The molecule has 0 radical (unpaired) electrons. The Bertz CT molecular complexity index is 1020. The number of nitrogens with zero attached hydrogens (tertiary/aromatic N) is 1. The first-order valence-electron chi connectivity index (χ1n) is 6.84. The van der Waals surface area contributed by atoms with Gasteiger partial charge in [-0.2, -0.15) is 8.42 Å². The molecule has 3 aromatic carbocycles. The third kappa shape index (κ3) is 2.07. The second-order valence-electron chi connectivity index (χ2n) is 5.10. The SMILES string of the molecule is O=S1(=O)N=C(c2ccc3ccccc3c2)Nc2ccccc21. The number of hydrogen-bond donors (Lipinski definition) is 1. The highest BCUT2D eigenvalue weighted by atomic mass is 32.2. The predicted octanol–water partition coefficient (Wildman–Crippen LogP) is 3.40. The van der Waals surface area contributed by atoms with E-state index >= 15 is 0 Å². The van der Waals surface area contributed by atoms with Crippen molar-refractivity contribution in [3.63, 3.8) is 0 Å². The minimum absolute atomic E-state index is 0.208. The smallest absolute Gasteiger partial charge is 0.286 e. The Hall–Kier alpha value is -2.66. The summed E-state index contributed by atoms with van der Waals surface area (Å²) in [5.41, 5.74) is 1.30. The summed E-state index contributed by atoms with van der Waals surface area (Å²) in [7, 11) is -3.67. The molecule has 22 heavy (non-hydrogen) atoms. The van der Waals surface area contributed by atoms with E-state index in [1.165, 1.54) is 0 Å². The molecule has 1 aliphatic rings. The van der Waals surface area contributed by atoms with Crippen LogP contribution in [0.2, 0.25) is 0 Å². The van der Waals surface area contributed by atoms with Gasteiger partial charge in [-0.15, -0.1) is 4.40 Å². The van der Waals surface area contributed by atoms with E-state index in [9.17, 15) is 8.42 Å². The van der Waals surface area contributed by atoms with E-state index < -0.39 is 10.0 Å². The minimum atomic E-state index is -3.67. The summed E-state index contributed by atoms with van der Waals surface area (Å²) in [6.07, 6.45) is 0. The van der Waals surface area contributed by atoms with Crippen LogP contribution < -0.4 is 5.32 Å². The van der Waals surface area contributed by atoms with Crippen molar-refractivity contribution in [2.24, 2.45) is 4.40 Å². The number of rotatable bonds is 1. The van der Waals surface area contributed by atoms with Crippen molar-refractivity contribution < 1.29 is 8.42 Å². The summed E-state index contributed by atoms with van der Waals surface area (Å²) >= 11 is 0. The fourth-order valence-electron chi connectivity index (χ4n) is 2.58. The highest BCUT2D eigenvalue weighted by molar-refractivity contribution is 7.90. The number of para-hydroxylation sites is 1. The average molecular weight is 308 g/mol. The molecule has 0 spiro atoms. The topological polar surface area (TPSA) is 58.5 Å². The molecule has 0 unspecified atom stereocenters. The Morgan fingerprint density at radius 1 is 0.818 bits per heavy atom. The van der Waals surface area contributed by atoms with Gasteiger partial charge in [-0.3, -0.25) is 0 Å². The quantitative estimate of drug-likeness (QED) is 0.749. The van der Waals surface area contributed by atoms with Gasteiger partial charge in [0.1, 0.15) is 4.90 Å².